The van der Waals surface area contributed by atoms with E-state index < -0.39 is 10.0 Å². The van der Waals surface area contributed by atoms with Gasteiger partial charge in [-0.15, -0.1) is 0 Å². The van der Waals surface area contributed by atoms with Crippen LogP contribution in [-0.2, 0) is 10.0 Å². The standard InChI is InChI=1S/C20H34N6O2S/c1-16-6-7-19(23-14-16)26-11-8-18(9-12-26)25-20(21-2)22-10-13-29(27,28)24-15-17-4-3-5-17/h6-7,14,17-18,24H,3-5,8-13,15H2,1-2H3,(H2,21,22,25). The van der Waals surface area contributed by atoms with Crippen molar-refractivity contribution in [2.75, 3.05) is 43.9 Å². The van der Waals surface area contributed by atoms with Gasteiger partial charge in [0.25, 0.3) is 0 Å². The number of nitrogens with one attached hydrogen (secondary N) is 3. The number of nitrogens with zero attached hydrogens (tertiary/aromatic N) is 3. The summed E-state index contributed by atoms with van der Waals surface area (Å²) in [7, 11) is -1.53. The Morgan fingerprint density at radius 1 is 1.24 bits per heavy atom. The molecule has 1 aromatic rings. The Bertz CT molecular complexity index is 769. The molecule has 1 saturated carbocycles. The number of aliphatic imine (C=N–C) groups is 1. The molecule has 0 radical (unpaired) electrons. The first-order valence-corrected chi connectivity index (χ1v) is 12.2. The van der Waals surface area contributed by atoms with Gasteiger partial charge in [0, 0.05) is 45.5 Å². The molecule has 29 heavy (non-hydrogen) atoms. The van der Waals surface area contributed by atoms with Crippen LogP contribution in [0.15, 0.2) is 23.3 Å². The molecule has 0 spiro atoms. The van der Waals surface area contributed by atoms with Gasteiger partial charge in [-0.2, -0.15) is 0 Å². The summed E-state index contributed by atoms with van der Waals surface area (Å²) in [5.41, 5.74) is 1.17. The summed E-state index contributed by atoms with van der Waals surface area (Å²) in [6, 6.07) is 4.48. The number of rotatable bonds is 8. The van der Waals surface area contributed by atoms with E-state index in [1.54, 1.807) is 7.05 Å². The van der Waals surface area contributed by atoms with Gasteiger partial charge in [0.05, 0.1) is 5.75 Å². The number of piperidine rings is 1. The van der Waals surface area contributed by atoms with Crippen LogP contribution >= 0.6 is 0 Å². The van der Waals surface area contributed by atoms with Crippen molar-refractivity contribution < 1.29 is 8.42 Å². The number of guanidine groups is 1. The molecule has 0 aromatic carbocycles. The van der Waals surface area contributed by atoms with Crippen LogP contribution in [0.4, 0.5) is 5.82 Å². The fourth-order valence-electron chi connectivity index (χ4n) is 3.61. The first-order valence-electron chi connectivity index (χ1n) is 10.6. The lowest BCUT2D eigenvalue weighted by Crippen LogP contribution is -2.49. The highest BCUT2D eigenvalue weighted by Gasteiger charge is 2.22. The molecule has 1 aliphatic carbocycles. The predicted molar refractivity (Wildman–Crippen MR) is 118 cm³/mol. The number of pyridine rings is 1. The Labute approximate surface area is 174 Å². The number of hydrogen-bond acceptors (Lipinski definition) is 5. The second-order valence-corrected chi connectivity index (χ2v) is 9.99. The second kappa shape index (κ2) is 10.2. The summed E-state index contributed by atoms with van der Waals surface area (Å²) in [6.07, 6.45) is 7.36. The molecular formula is C20H34N6O2S. The van der Waals surface area contributed by atoms with Crippen LogP contribution in [0.1, 0.15) is 37.7 Å². The average molecular weight is 423 g/mol. The van der Waals surface area contributed by atoms with E-state index in [9.17, 15) is 8.42 Å². The van der Waals surface area contributed by atoms with Crippen LogP contribution in [0, 0.1) is 12.8 Å². The molecule has 162 valence electrons. The summed E-state index contributed by atoms with van der Waals surface area (Å²) < 4.78 is 26.9. The normalized spacial score (nSPS) is 19.1. The van der Waals surface area contributed by atoms with Crippen molar-refractivity contribution in [3.05, 3.63) is 23.9 Å². The fourth-order valence-corrected chi connectivity index (χ4v) is 4.61. The van der Waals surface area contributed by atoms with Gasteiger partial charge in [-0.3, -0.25) is 4.99 Å². The van der Waals surface area contributed by atoms with Crippen LogP contribution in [0.25, 0.3) is 0 Å². The zero-order valence-electron chi connectivity index (χ0n) is 17.5. The average Bonchev–Trinajstić information content (AvgIpc) is 2.67. The molecule has 0 unspecified atom stereocenters. The molecule has 3 rings (SSSR count). The lowest BCUT2D eigenvalue weighted by atomic mass is 9.86. The van der Waals surface area contributed by atoms with Gasteiger partial charge < -0.3 is 15.5 Å². The maximum absolute atomic E-state index is 12.1. The van der Waals surface area contributed by atoms with Crippen LogP contribution < -0.4 is 20.3 Å². The SMILES string of the molecule is CN=C(NCCS(=O)(=O)NCC1CCC1)NC1CCN(c2ccc(C)cn2)CC1. The molecule has 1 saturated heterocycles. The Balaban J connectivity index is 1.36. The van der Waals surface area contributed by atoms with E-state index in [4.69, 9.17) is 0 Å². The fraction of sp³-hybridized carbons (Fsp3) is 0.700. The number of aromatic nitrogens is 1. The molecule has 8 nitrogen and oxygen atoms in total. The van der Waals surface area contributed by atoms with E-state index in [1.807, 2.05) is 13.1 Å². The number of sulfonamides is 1. The Morgan fingerprint density at radius 2 is 2.00 bits per heavy atom. The van der Waals surface area contributed by atoms with Crippen molar-refractivity contribution >= 4 is 21.8 Å². The van der Waals surface area contributed by atoms with Crippen LogP contribution in [0.2, 0.25) is 0 Å². The molecular weight excluding hydrogens is 388 g/mol. The van der Waals surface area contributed by atoms with E-state index >= 15 is 0 Å². The van der Waals surface area contributed by atoms with E-state index in [-0.39, 0.29) is 5.75 Å². The van der Waals surface area contributed by atoms with Gasteiger partial charge in [0.15, 0.2) is 5.96 Å². The van der Waals surface area contributed by atoms with Crippen LogP contribution in [-0.4, -0.2) is 64.4 Å². The maximum Gasteiger partial charge on any atom is 0.213 e. The minimum Gasteiger partial charge on any atom is -0.356 e. The molecule has 3 N–H and O–H groups in total. The zero-order valence-corrected chi connectivity index (χ0v) is 18.3. The number of aryl methyl sites for hydroxylation is 1. The van der Waals surface area contributed by atoms with Crippen molar-refractivity contribution in [3.8, 4) is 0 Å². The van der Waals surface area contributed by atoms with Crippen LogP contribution in [0.3, 0.4) is 0 Å². The lowest BCUT2D eigenvalue weighted by molar-refractivity contribution is 0.316. The molecule has 2 fully saturated rings. The van der Waals surface area contributed by atoms with Crippen LogP contribution in [0.5, 0.6) is 0 Å². The Kier molecular flexibility index (Phi) is 7.71. The maximum atomic E-state index is 12.1. The van der Waals surface area contributed by atoms with Gasteiger partial charge in [-0.1, -0.05) is 12.5 Å². The Morgan fingerprint density at radius 3 is 2.59 bits per heavy atom. The summed E-state index contributed by atoms with van der Waals surface area (Å²) in [5, 5.41) is 6.55. The first kappa shape index (κ1) is 21.8. The van der Waals surface area contributed by atoms with Crippen molar-refractivity contribution in [1.82, 2.24) is 20.3 Å². The lowest BCUT2D eigenvalue weighted by Gasteiger charge is -2.33. The molecule has 0 amide bonds. The largest absolute Gasteiger partial charge is 0.356 e. The molecule has 9 heteroatoms. The first-order chi connectivity index (χ1) is 13.9. The summed E-state index contributed by atoms with van der Waals surface area (Å²) in [6.45, 7) is 4.82. The second-order valence-electron chi connectivity index (χ2n) is 8.06. The predicted octanol–water partition coefficient (Wildman–Crippen LogP) is 1.24. The zero-order chi connectivity index (χ0) is 20.7. The van der Waals surface area contributed by atoms with Gasteiger partial charge >= 0.3 is 0 Å². The molecule has 1 aliphatic heterocycles. The summed E-state index contributed by atoms with van der Waals surface area (Å²) in [4.78, 5) is 11.0. The monoisotopic (exact) mass is 422 g/mol. The third kappa shape index (κ3) is 6.85. The Hall–Kier alpha value is -1.87. The smallest absolute Gasteiger partial charge is 0.213 e. The summed E-state index contributed by atoms with van der Waals surface area (Å²) >= 11 is 0. The van der Waals surface area contributed by atoms with E-state index in [0.29, 0.717) is 31.0 Å². The van der Waals surface area contributed by atoms with Crippen molar-refractivity contribution in [3.63, 3.8) is 0 Å². The van der Waals surface area contributed by atoms with E-state index in [2.05, 4.69) is 42.4 Å². The van der Waals surface area contributed by atoms with Crippen molar-refractivity contribution in [2.24, 2.45) is 10.9 Å². The molecule has 0 bridgehead atoms. The molecule has 2 aliphatic rings. The van der Waals surface area contributed by atoms with Crippen molar-refractivity contribution in [2.45, 2.75) is 45.1 Å². The molecule has 1 aromatic heterocycles. The molecule has 2 heterocycles. The van der Waals surface area contributed by atoms with E-state index in [0.717, 1.165) is 44.6 Å². The van der Waals surface area contributed by atoms with Crippen molar-refractivity contribution in [1.29, 1.82) is 0 Å². The highest BCUT2D eigenvalue weighted by molar-refractivity contribution is 7.89. The van der Waals surface area contributed by atoms with E-state index in [1.165, 1.54) is 12.0 Å². The van der Waals surface area contributed by atoms with Gasteiger partial charge in [0.1, 0.15) is 5.82 Å². The topological polar surface area (TPSA) is 98.7 Å². The van der Waals surface area contributed by atoms with Gasteiger partial charge in [-0.05, 0) is 50.2 Å². The highest BCUT2D eigenvalue weighted by Crippen LogP contribution is 2.25. The number of hydrogen-bond donors (Lipinski definition) is 3. The van der Waals surface area contributed by atoms with Gasteiger partial charge in [-0.25, -0.2) is 18.1 Å². The number of anilines is 1. The third-order valence-electron chi connectivity index (χ3n) is 5.76. The van der Waals surface area contributed by atoms with Gasteiger partial charge in [0.2, 0.25) is 10.0 Å². The molecule has 0 atom stereocenters. The summed E-state index contributed by atoms with van der Waals surface area (Å²) in [5.74, 6) is 2.26. The quantitative estimate of drug-likeness (QED) is 0.431. The minimum atomic E-state index is -3.24. The third-order valence-corrected chi connectivity index (χ3v) is 7.11. The minimum absolute atomic E-state index is 0.0535. The highest BCUT2D eigenvalue weighted by atomic mass is 32.2.